The Morgan fingerprint density at radius 1 is 1.38 bits per heavy atom. The fraction of sp³-hybridized carbons (Fsp3) is 0.400. The highest BCUT2D eigenvalue weighted by molar-refractivity contribution is 9.10. The Kier molecular flexibility index (Phi) is 6.07. The van der Waals surface area contributed by atoms with Crippen molar-refractivity contribution in [1.29, 1.82) is 0 Å². The summed E-state index contributed by atoms with van der Waals surface area (Å²) in [5.41, 5.74) is 0.941. The summed E-state index contributed by atoms with van der Waals surface area (Å²) in [4.78, 5) is 4.36. The van der Waals surface area contributed by atoms with Gasteiger partial charge in [-0.2, -0.15) is 0 Å². The minimum absolute atomic E-state index is 0.754. The molecule has 0 aliphatic rings. The summed E-state index contributed by atoms with van der Waals surface area (Å²) in [5.74, 6) is 1.59. The smallest absolute Gasteiger partial charge is 0.207 e. The summed E-state index contributed by atoms with van der Waals surface area (Å²) < 4.78 is 13.7. The Bertz CT molecular complexity index is 572. The van der Waals surface area contributed by atoms with Crippen molar-refractivity contribution in [3.63, 3.8) is 0 Å². The topological polar surface area (TPSA) is 48.3 Å². The Labute approximate surface area is 133 Å². The number of imidazole rings is 1. The van der Waals surface area contributed by atoms with E-state index < -0.39 is 0 Å². The lowest BCUT2D eigenvalue weighted by molar-refractivity contribution is 0.147. The molecule has 2 aromatic rings. The lowest BCUT2D eigenvalue weighted by Crippen LogP contribution is -2.10. The van der Waals surface area contributed by atoms with Crippen molar-refractivity contribution in [2.24, 2.45) is 0 Å². The summed E-state index contributed by atoms with van der Waals surface area (Å²) in [6.07, 6.45) is 4.62. The predicted octanol–water partition coefficient (Wildman–Crippen LogP) is 3.48. The number of ether oxygens (including phenoxy) is 2. The van der Waals surface area contributed by atoms with Crippen LogP contribution in [0.2, 0.25) is 0 Å². The highest BCUT2D eigenvalue weighted by Crippen LogP contribution is 2.28. The fourth-order valence-electron chi connectivity index (χ4n) is 2.00. The maximum absolute atomic E-state index is 5.42. The zero-order chi connectivity index (χ0) is 15.1. The van der Waals surface area contributed by atoms with Crippen LogP contribution in [0.3, 0.4) is 0 Å². The predicted molar refractivity (Wildman–Crippen MR) is 87.4 cm³/mol. The number of methoxy groups -OCH3 is 1. The van der Waals surface area contributed by atoms with Gasteiger partial charge in [-0.25, -0.2) is 4.98 Å². The van der Waals surface area contributed by atoms with Gasteiger partial charge >= 0.3 is 0 Å². The zero-order valence-electron chi connectivity index (χ0n) is 12.3. The zero-order valence-corrected chi connectivity index (χ0v) is 13.9. The van der Waals surface area contributed by atoms with E-state index in [0.29, 0.717) is 0 Å². The van der Waals surface area contributed by atoms with Crippen LogP contribution in [0.15, 0.2) is 35.1 Å². The fourth-order valence-corrected chi connectivity index (χ4v) is 2.35. The van der Waals surface area contributed by atoms with Crippen molar-refractivity contribution in [2.45, 2.75) is 13.3 Å². The van der Waals surface area contributed by atoms with Gasteiger partial charge < -0.3 is 14.8 Å². The van der Waals surface area contributed by atoms with E-state index in [0.717, 1.165) is 48.0 Å². The monoisotopic (exact) mass is 353 g/mol. The molecule has 0 radical (unpaired) electrons. The first-order chi connectivity index (χ1) is 10.3. The second-order valence-electron chi connectivity index (χ2n) is 4.41. The third kappa shape index (κ3) is 4.22. The first-order valence-electron chi connectivity index (χ1n) is 6.95. The van der Waals surface area contributed by atoms with Crippen LogP contribution < -0.4 is 10.1 Å². The Morgan fingerprint density at radius 2 is 2.24 bits per heavy atom. The lowest BCUT2D eigenvalue weighted by atomic mass is 10.3. The van der Waals surface area contributed by atoms with Crippen molar-refractivity contribution in [3.8, 4) is 11.4 Å². The summed E-state index contributed by atoms with van der Waals surface area (Å²) >= 11 is 3.49. The normalized spacial score (nSPS) is 10.6. The van der Waals surface area contributed by atoms with Gasteiger partial charge in [-0.05, 0) is 31.5 Å². The Balaban J connectivity index is 2.11. The average molecular weight is 354 g/mol. The number of halogens is 1. The van der Waals surface area contributed by atoms with Crippen LogP contribution in [0.5, 0.6) is 5.75 Å². The number of benzene rings is 1. The van der Waals surface area contributed by atoms with Crippen molar-refractivity contribution in [3.05, 3.63) is 35.1 Å². The number of nitrogens with one attached hydrogen (secondary N) is 1. The molecule has 114 valence electrons. The standard InChI is InChI=1S/C15H20BrN3O2/c1-3-21-10-4-7-17-15-18-8-9-19(15)13-11-12(16)5-6-14(13)20-2/h5-6,8-9,11H,3-4,7,10H2,1-2H3,(H,17,18). The van der Waals surface area contributed by atoms with Gasteiger partial charge in [0.2, 0.25) is 5.95 Å². The van der Waals surface area contributed by atoms with E-state index in [1.807, 2.05) is 35.9 Å². The van der Waals surface area contributed by atoms with E-state index in [1.165, 1.54) is 0 Å². The molecule has 0 aliphatic heterocycles. The molecule has 1 aromatic carbocycles. The van der Waals surface area contributed by atoms with Gasteiger partial charge in [-0.1, -0.05) is 15.9 Å². The third-order valence-corrected chi connectivity index (χ3v) is 3.49. The first kappa shape index (κ1) is 15.9. The molecule has 0 atom stereocenters. The quantitative estimate of drug-likeness (QED) is 0.738. The van der Waals surface area contributed by atoms with E-state index >= 15 is 0 Å². The molecular formula is C15H20BrN3O2. The van der Waals surface area contributed by atoms with Gasteiger partial charge in [0.1, 0.15) is 5.75 Å². The highest BCUT2D eigenvalue weighted by atomic mass is 79.9. The molecular weight excluding hydrogens is 334 g/mol. The minimum Gasteiger partial charge on any atom is -0.495 e. The summed E-state index contributed by atoms with van der Waals surface area (Å²) in [6.45, 7) is 4.32. The molecule has 0 fully saturated rings. The maximum Gasteiger partial charge on any atom is 0.207 e. The van der Waals surface area contributed by atoms with Crippen molar-refractivity contribution >= 4 is 21.9 Å². The number of aromatic nitrogens is 2. The molecule has 2 rings (SSSR count). The molecule has 6 heteroatoms. The van der Waals surface area contributed by atoms with Crippen molar-refractivity contribution < 1.29 is 9.47 Å². The second kappa shape index (κ2) is 8.05. The van der Waals surface area contributed by atoms with Crippen LogP contribution >= 0.6 is 15.9 Å². The van der Waals surface area contributed by atoms with E-state index in [-0.39, 0.29) is 0 Å². The van der Waals surface area contributed by atoms with Crippen LogP contribution in [0, 0.1) is 0 Å². The molecule has 1 heterocycles. The molecule has 0 saturated carbocycles. The SMILES string of the molecule is CCOCCCNc1nccn1-c1cc(Br)ccc1OC. The molecule has 0 aliphatic carbocycles. The molecule has 21 heavy (non-hydrogen) atoms. The number of hydrogen-bond donors (Lipinski definition) is 1. The first-order valence-corrected chi connectivity index (χ1v) is 7.74. The minimum atomic E-state index is 0.754. The van der Waals surface area contributed by atoms with Crippen molar-refractivity contribution in [1.82, 2.24) is 9.55 Å². The molecule has 0 unspecified atom stereocenters. The summed E-state index contributed by atoms with van der Waals surface area (Å²) in [5, 5.41) is 3.32. The van der Waals surface area contributed by atoms with Gasteiger partial charge in [0.15, 0.2) is 0 Å². The third-order valence-electron chi connectivity index (χ3n) is 2.99. The molecule has 0 spiro atoms. The molecule has 1 N–H and O–H groups in total. The van der Waals surface area contributed by atoms with Crippen LogP contribution in [0.4, 0.5) is 5.95 Å². The van der Waals surface area contributed by atoms with E-state index in [1.54, 1.807) is 13.3 Å². The molecule has 5 nitrogen and oxygen atoms in total. The van der Waals surface area contributed by atoms with E-state index in [4.69, 9.17) is 9.47 Å². The maximum atomic E-state index is 5.42. The van der Waals surface area contributed by atoms with Gasteiger partial charge in [-0.3, -0.25) is 4.57 Å². The van der Waals surface area contributed by atoms with Crippen molar-refractivity contribution in [2.75, 3.05) is 32.2 Å². The average Bonchev–Trinajstić information content (AvgIpc) is 2.95. The Morgan fingerprint density at radius 3 is 3.00 bits per heavy atom. The molecule has 1 aromatic heterocycles. The van der Waals surface area contributed by atoms with E-state index in [9.17, 15) is 0 Å². The van der Waals surface area contributed by atoms with Crippen LogP contribution in [0.25, 0.3) is 5.69 Å². The Hall–Kier alpha value is -1.53. The van der Waals surface area contributed by atoms with Gasteiger partial charge in [0.05, 0.1) is 12.8 Å². The molecule has 0 bridgehead atoms. The van der Waals surface area contributed by atoms with Gasteiger partial charge in [0, 0.05) is 36.6 Å². The number of anilines is 1. The molecule has 0 saturated heterocycles. The number of nitrogens with zero attached hydrogens (tertiary/aromatic N) is 2. The summed E-state index contributed by atoms with van der Waals surface area (Å²) in [6, 6.07) is 5.89. The lowest BCUT2D eigenvalue weighted by Gasteiger charge is -2.13. The number of hydrogen-bond acceptors (Lipinski definition) is 4. The van der Waals surface area contributed by atoms with Gasteiger partial charge in [0.25, 0.3) is 0 Å². The number of rotatable bonds is 8. The van der Waals surface area contributed by atoms with Crippen LogP contribution in [0.1, 0.15) is 13.3 Å². The second-order valence-corrected chi connectivity index (χ2v) is 5.33. The van der Waals surface area contributed by atoms with Crippen LogP contribution in [-0.4, -0.2) is 36.4 Å². The largest absolute Gasteiger partial charge is 0.495 e. The summed E-state index contributed by atoms with van der Waals surface area (Å²) in [7, 11) is 1.67. The van der Waals surface area contributed by atoms with E-state index in [2.05, 4.69) is 26.2 Å². The van der Waals surface area contributed by atoms with Gasteiger partial charge in [-0.15, -0.1) is 0 Å². The highest BCUT2D eigenvalue weighted by Gasteiger charge is 2.10. The van der Waals surface area contributed by atoms with Crippen LogP contribution in [-0.2, 0) is 4.74 Å². The molecule has 0 amide bonds.